The molecule has 1 unspecified atom stereocenters. The molecule has 0 saturated heterocycles. The molecule has 1 heterocycles. The zero-order valence-corrected chi connectivity index (χ0v) is 12.8. The molecule has 0 spiro atoms. The molecule has 7 nitrogen and oxygen atoms in total. The normalized spacial score (nSPS) is 12.6. The smallest absolute Gasteiger partial charge is 0.315 e. The first-order chi connectivity index (χ1) is 10.4. The van der Waals surface area contributed by atoms with Crippen molar-refractivity contribution in [2.75, 3.05) is 0 Å². The number of furan rings is 1. The van der Waals surface area contributed by atoms with E-state index < -0.39 is 10.0 Å². The number of nitrogens with one attached hydrogen (secondary N) is 2. The molecular formula is C14H17N3O4S. The van der Waals surface area contributed by atoms with Crippen molar-refractivity contribution in [3.05, 3.63) is 54.0 Å². The number of hydrogen-bond acceptors (Lipinski definition) is 4. The van der Waals surface area contributed by atoms with E-state index in [1.54, 1.807) is 31.2 Å². The van der Waals surface area contributed by atoms with E-state index in [1.807, 2.05) is 0 Å². The quantitative estimate of drug-likeness (QED) is 0.773. The zero-order chi connectivity index (χ0) is 16.2. The van der Waals surface area contributed by atoms with Gasteiger partial charge < -0.3 is 15.1 Å². The summed E-state index contributed by atoms with van der Waals surface area (Å²) in [4.78, 5) is 11.8. The van der Waals surface area contributed by atoms with Crippen LogP contribution in [-0.4, -0.2) is 14.4 Å². The summed E-state index contributed by atoms with van der Waals surface area (Å²) in [6, 6.07) is 8.90. The minimum absolute atomic E-state index is 0.0331. The number of hydrogen-bond donors (Lipinski definition) is 3. The molecule has 0 fully saturated rings. The third kappa shape index (κ3) is 4.34. The number of benzene rings is 1. The Bertz CT molecular complexity index is 724. The van der Waals surface area contributed by atoms with Gasteiger partial charge in [0.05, 0.1) is 23.7 Å². The summed E-state index contributed by atoms with van der Waals surface area (Å²) in [5.74, 6) is 0.653. The molecule has 8 heteroatoms. The minimum atomic E-state index is -3.71. The fourth-order valence-electron chi connectivity index (χ4n) is 1.86. The van der Waals surface area contributed by atoms with Gasteiger partial charge >= 0.3 is 6.03 Å². The van der Waals surface area contributed by atoms with Gasteiger partial charge in [-0.15, -0.1) is 0 Å². The van der Waals surface area contributed by atoms with Crippen LogP contribution in [0.25, 0.3) is 0 Å². The molecule has 1 aromatic carbocycles. The Kier molecular flexibility index (Phi) is 4.84. The van der Waals surface area contributed by atoms with Crippen LogP contribution in [0.5, 0.6) is 0 Å². The highest BCUT2D eigenvalue weighted by Crippen LogP contribution is 2.15. The standard InChI is InChI=1S/C14H17N3O4S/c1-10(11-4-6-13(7-5-11)22(15,19)20)17-14(18)16-9-12-3-2-8-21-12/h2-8,10H,9H2,1H3,(H2,15,19,20)(H2,16,17,18). The van der Waals surface area contributed by atoms with Gasteiger partial charge in [-0.3, -0.25) is 0 Å². The second-order valence-corrected chi connectivity index (χ2v) is 6.30. The van der Waals surface area contributed by atoms with E-state index in [9.17, 15) is 13.2 Å². The number of nitrogens with two attached hydrogens (primary N) is 1. The van der Waals surface area contributed by atoms with Crippen LogP contribution in [0.2, 0.25) is 0 Å². The van der Waals surface area contributed by atoms with Crippen molar-refractivity contribution in [1.82, 2.24) is 10.6 Å². The van der Waals surface area contributed by atoms with E-state index in [-0.39, 0.29) is 23.5 Å². The fraction of sp³-hybridized carbons (Fsp3) is 0.214. The Balaban J connectivity index is 1.91. The number of carbonyl (C=O) groups excluding carboxylic acids is 1. The SMILES string of the molecule is CC(NC(=O)NCc1ccco1)c1ccc(S(N)(=O)=O)cc1. The van der Waals surface area contributed by atoms with Crippen molar-refractivity contribution in [3.63, 3.8) is 0 Å². The van der Waals surface area contributed by atoms with Crippen molar-refractivity contribution in [2.24, 2.45) is 5.14 Å². The Morgan fingerprint density at radius 2 is 1.95 bits per heavy atom. The Hall–Kier alpha value is -2.32. The summed E-state index contributed by atoms with van der Waals surface area (Å²) in [5.41, 5.74) is 0.764. The van der Waals surface area contributed by atoms with E-state index in [4.69, 9.17) is 9.56 Å². The van der Waals surface area contributed by atoms with E-state index >= 15 is 0 Å². The third-order valence-corrected chi connectivity index (χ3v) is 3.99. The molecule has 1 aromatic heterocycles. The lowest BCUT2D eigenvalue weighted by Crippen LogP contribution is -2.36. The molecule has 0 aliphatic rings. The van der Waals surface area contributed by atoms with Crippen molar-refractivity contribution >= 4 is 16.1 Å². The molecule has 118 valence electrons. The maximum absolute atomic E-state index is 11.8. The molecule has 0 aliphatic heterocycles. The molecule has 1 atom stereocenters. The number of carbonyl (C=O) groups is 1. The summed E-state index contributed by atoms with van der Waals surface area (Å²) >= 11 is 0. The maximum Gasteiger partial charge on any atom is 0.315 e. The van der Waals surface area contributed by atoms with Gasteiger partial charge in [-0.05, 0) is 36.8 Å². The van der Waals surface area contributed by atoms with E-state index in [2.05, 4.69) is 10.6 Å². The molecule has 0 aliphatic carbocycles. The third-order valence-electron chi connectivity index (χ3n) is 3.06. The highest BCUT2D eigenvalue weighted by Gasteiger charge is 2.12. The van der Waals surface area contributed by atoms with Crippen molar-refractivity contribution < 1.29 is 17.6 Å². The van der Waals surface area contributed by atoms with Gasteiger partial charge in [-0.25, -0.2) is 18.4 Å². The highest BCUT2D eigenvalue weighted by atomic mass is 32.2. The predicted octanol–water partition coefficient (Wildman–Crippen LogP) is 1.49. The number of primary sulfonamides is 1. The van der Waals surface area contributed by atoms with Gasteiger partial charge in [0, 0.05) is 0 Å². The molecule has 0 bridgehead atoms. The lowest BCUT2D eigenvalue weighted by atomic mass is 10.1. The first-order valence-electron chi connectivity index (χ1n) is 6.56. The molecule has 2 rings (SSSR count). The Morgan fingerprint density at radius 1 is 1.27 bits per heavy atom. The van der Waals surface area contributed by atoms with Gasteiger partial charge in [0.15, 0.2) is 0 Å². The molecule has 0 saturated carbocycles. The van der Waals surface area contributed by atoms with Crippen LogP contribution in [0.3, 0.4) is 0 Å². The van der Waals surface area contributed by atoms with Crippen LogP contribution in [0, 0.1) is 0 Å². The van der Waals surface area contributed by atoms with Crippen LogP contribution in [0.1, 0.15) is 24.3 Å². The molecule has 22 heavy (non-hydrogen) atoms. The van der Waals surface area contributed by atoms with Gasteiger partial charge in [-0.2, -0.15) is 0 Å². The molecular weight excluding hydrogens is 306 g/mol. The first kappa shape index (κ1) is 16.1. The second-order valence-electron chi connectivity index (χ2n) is 4.74. The highest BCUT2D eigenvalue weighted by molar-refractivity contribution is 7.89. The lowest BCUT2D eigenvalue weighted by Gasteiger charge is -2.15. The van der Waals surface area contributed by atoms with Crippen LogP contribution in [0.15, 0.2) is 52.0 Å². The fourth-order valence-corrected chi connectivity index (χ4v) is 2.37. The van der Waals surface area contributed by atoms with Crippen molar-refractivity contribution in [2.45, 2.75) is 24.4 Å². The summed E-state index contributed by atoms with van der Waals surface area (Å²) in [7, 11) is -3.71. The van der Waals surface area contributed by atoms with E-state index in [0.717, 1.165) is 5.56 Å². The summed E-state index contributed by atoms with van der Waals surface area (Å²) in [5, 5.41) is 10.4. The number of urea groups is 1. The molecule has 2 amide bonds. The minimum Gasteiger partial charge on any atom is -0.467 e. The Labute approximate surface area is 128 Å². The predicted molar refractivity (Wildman–Crippen MR) is 80.3 cm³/mol. The van der Waals surface area contributed by atoms with Crippen LogP contribution < -0.4 is 15.8 Å². The van der Waals surface area contributed by atoms with Gasteiger partial charge in [0.25, 0.3) is 0 Å². The summed E-state index contributed by atoms with van der Waals surface area (Å²) in [6.45, 7) is 2.08. The largest absolute Gasteiger partial charge is 0.467 e. The summed E-state index contributed by atoms with van der Waals surface area (Å²) < 4.78 is 27.5. The Morgan fingerprint density at radius 3 is 2.50 bits per heavy atom. The van der Waals surface area contributed by atoms with Crippen LogP contribution in [-0.2, 0) is 16.6 Å². The van der Waals surface area contributed by atoms with Crippen LogP contribution in [0.4, 0.5) is 4.79 Å². The maximum atomic E-state index is 11.8. The average Bonchev–Trinajstić information content (AvgIpc) is 2.97. The number of rotatable bonds is 5. The van der Waals surface area contributed by atoms with Gasteiger partial charge in [0.1, 0.15) is 5.76 Å². The second kappa shape index (κ2) is 6.63. The zero-order valence-electron chi connectivity index (χ0n) is 11.9. The molecule has 4 N–H and O–H groups in total. The monoisotopic (exact) mass is 323 g/mol. The molecule has 0 radical (unpaired) electrons. The average molecular weight is 323 g/mol. The first-order valence-corrected chi connectivity index (χ1v) is 8.10. The van der Waals surface area contributed by atoms with E-state index in [0.29, 0.717) is 5.76 Å². The van der Waals surface area contributed by atoms with Crippen molar-refractivity contribution in [3.8, 4) is 0 Å². The lowest BCUT2D eigenvalue weighted by molar-refractivity contribution is 0.236. The number of amides is 2. The van der Waals surface area contributed by atoms with Gasteiger partial charge in [-0.1, -0.05) is 12.1 Å². The summed E-state index contributed by atoms with van der Waals surface area (Å²) in [6.07, 6.45) is 1.53. The number of sulfonamides is 1. The van der Waals surface area contributed by atoms with Gasteiger partial charge in [0.2, 0.25) is 10.0 Å². The topological polar surface area (TPSA) is 114 Å². The van der Waals surface area contributed by atoms with Crippen molar-refractivity contribution in [1.29, 1.82) is 0 Å². The molecule has 2 aromatic rings. The van der Waals surface area contributed by atoms with E-state index in [1.165, 1.54) is 18.4 Å². The van der Waals surface area contributed by atoms with Crippen LogP contribution >= 0.6 is 0 Å².